The van der Waals surface area contributed by atoms with Crippen LogP contribution in [0.25, 0.3) is 0 Å². The molecule has 0 amide bonds. The molecule has 1 heterocycles. The summed E-state index contributed by atoms with van der Waals surface area (Å²) in [5, 5.41) is 0. The summed E-state index contributed by atoms with van der Waals surface area (Å²) < 4.78 is 47.4. The van der Waals surface area contributed by atoms with E-state index in [1.807, 2.05) is 0 Å². The number of halogens is 3. The van der Waals surface area contributed by atoms with Crippen LogP contribution in [-0.2, 0) is 4.74 Å². The highest BCUT2D eigenvalue weighted by Crippen LogP contribution is 2.31. The molecule has 0 aromatic carbocycles. The Kier molecular flexibility index (Phi) is 4.30. The van der Waals surface area contributed by atoms with Crippen LogP contribution in [0.5, 0.6) is 5.75 Å². The van der Waals surface area contributed by atoms with Crippen LogP contribution in [-0.4, -0.2) is 24.7 Å². The lowest BCUT2D eigenvalue weighted by atomic mass is 10.2. The van der Waals surface area contributed by atoms with E-state index in [9.17, 15) is 18.0 Å². The van der Waals surface area contributed by atoms with Crippen LogP contribution in [0.2, 0.25) is 0 Å². The molecule has 4 nitrogen and oxygen atoms in total. The summed E-state index contributed by atoms with van der Waals surface area (Å²) in [6.45, 7) is 1.54. The van der Waals surface area contributed by atoms with E-state index in [1.165, 1.54) is 6.92 Å². The Labute approximate surface area is 95.4 Å². The first-order valence-electron chi connectivity index (χ1n) is 4.71. The zero-order valence-corrected chi connectivity index (χ0v) is 9.17. The first-order chi connectivity index (χ1) is 8.01. The van der Waals surface area contributed by atoms with Gasteiger partial charge >= 0.3 is 5.97 Å². The van der Waals surface area contributed by atoms with Gasteiger partial charge in [-0.2, -0.15) is 4.39 Å². The molecule has 0 bridgehead atoms. The van der Waals surface area contributed by atoms with Crippen LogP contribution >= 0.6 is 0 Å². The van der Waals surface area contributed by atoms with Gasteiger partial charge in [-0.05, 0) is 6.92 Å². The minimum Gasteiger partial charge on any atom is -0.494 e. The van der Waals surface area contributed by atoms with Crippen molar-refractivity contribution in [1.82, 2.24) is 4.98 Å². The third kappa shape index (κ3) is 2.86. The number of carbonyl (C=O) groups excluding carboxylic acids is 1. The maximum atomic E-state index is 13.0. The lowest BCUT2D eigenvalue weighted by Crippen LogP contribution is -2.12. The smallest absolute Gasteiger partial charge is 0.360 e. The number of pyridine rings is 1. The fraction of sp³-hybridized carbons (Fsp3) is 0.400. The van der Waals surface area contributed by atoms with Gasteiger partial charge in [-0.15, -0.1) is 0 Å². The van der Waals surface area contributed by atoms with Gasteiger partial charge in [-0.1, -0.05) is 0 Å². The molecule has 0 aliphatic carbocycles. The number of methoxy groups -OCH3 is 1. The van der Waals surface area contributed by atoms with Crippen LogP contribution in [0.1, 0.15) is 29.4 Å². The molecule has 0 fully saturated rings. The molecule has 0 aliphatic rings. The van der Waals surface area contributed by atoms with Gasteiger partial charge in [0.2, 0.25) is 5.95 Å². The first kappa shape index (κ1) is 13.3. The molecule has 0 radical (unpaired) electrons. The average molecular weight is 249 g/mol. The highest BCUT2D eigenvalue weighted by atomic mass is 19.3. The van der Waals surface area contributed by atoms with E-state index in [2.05, 4.69) is 14.5 Å². The summed E-state index contributed by atoms with van der Waals surface area (Å²) in [6, 6.07) is 0.520. The van der Waals surface area contributed by atoms with Crippen LogP contribution in [0.15, 0.2) is 6.07 Å². The van der Waals surface area contributed by atoms with Gasteiger partial charge in [0.05, 0.1) is 19.3 Å². The first-order valence-corrected chi connectivity index (χ1v) is 4.71. The Morgan fingerprint density at radius 2 is 2.18 bits per heavy atom. The van der Waals surface area contributed by atoms with Gasteiger partial charge in [0.1, 0.15) is 0 Å². The van der Waals surface area contributed by atoms with Crippen molar-refractivity contribution in [3.63, 3.8) is 0 Å². The van der Waals surface area contributed by atoms with E-state index < -0.39 is 35.3 Å². The molecule has 0 atom stereocenters. The molecule has 17 heavy (non-hydrogen) atoms. The van der Waals surface area contributed by atoms with E-state index in [1.54, 1.807) is 0 Å². The van der Waals surface area contributed by atoms with E-state index >= 15 is 0 Å². The Balaban J connectivity index is 3.32. The highest BCUT2D eigenvalue weighted by molar-refractivity contribution is 5.90. The summed E-state index contributed by atoms with van der Waals surface area (Å²) in [5.74, 6) is -2.67. The number of esters is 1. The molecule has 94 valence electrons. The van der Waals surface area contributed by atoms with Crippen molar-refractivity contribution in [1.29, 1.82) is 0 Å². The number of nitrogens with zero attached hydrogens (tertiary/aromatic N) is 1. The predicted molar refractivity (Wildman–Crippen MR) is 51.7 cm³/mol. The topological polar surface area (TPSA) is 48.4 Å². The molecular formula is C10H10F3NO3. The van der Waals surface area contributed by atoms with Crippen molar-refractivity contribution < 1.29 is 27.4 Å². The predicted octanol–water partition coefficient (Wildman–Crippen LogP) is 2.34. The molecule has 0 saturated carbocycles. The van der Waals surface area contributed by atoms with E-state index in [0.29, 0.717) is 6.07 Å². The van der Waals surface area contributed by atoms with Gasteiger partial charge in [0.25, 0.3) is 6.43 Å². The van der Waals surface area contributed by atoms with E-state index in [0.717, 1.165) is 7.11 Å². The lowest BCUT2D eigenvalue weighted by Gasteiger charge is -2.11. The SMILES string of the molecule is CCOC(=O)c1nc(F)cc(C(F)F)c1OC. The number of carbonyl (C=O) groups is 1. The molecule has 1 rings (SSSR count). The maximum absolute atomic E-state index is 13.0. The standard InChI is InChI=1S/C10H10F3NO3/c1-3-17-10(15)7-8(16-2)5(9(12)13)4-6(11)14-7/h4,9H,3H2,1-2H3. The molecule has 1 aromatic heterocycles. The van der Waals surface area contributed by atoms with Gasteiger partial charge < -0.3 is 9.47 Å². The van der Waals surface area contributed by atoms with Crippen molar-refractivity contribution in [2.75, 3.05) is 13.7 Å². The van der Waals surface area contributed by atoms with Gasteiger partial charge in [0.15, 0.2) is 11.4 Å². The number of rotatable bonds is 4. The number of hydrogen-bond donors (Lipinski definition) is 0. The number of aromatic nitrogens is 1. The Hall–Kier alpha value is -1.79. The van der Waals surface area contributed by atoms with E-state index in [4.69, 9.17) is 0 Å². The van der Waals surface area contributed by atoms with Crippen molar-refractivity contribution in [2.45, 2.75) is 13.3 Å². The molecule has 0 N–H and O–H groups in total. The summed E-state index contributed by atoms with van der Waals surface area (Å²) in [4.78, 5) is 14.6. The third-order valence-electron chi connectivity index (χ3n) is 1.88. The molecule has 0 aliphatic heterocycles. The van der Waals surface area contributed by atoms with Crippen LogP contribution < -0.4 is 4.74 Å². The maximum Gasteiger partial charge on any atom is 0.360 e. The van der Waals surface area contributed by atoms with Crippen LogP contribution in [0.3, 0.4) is 0 Å². The summed E-state index contributed by atoms with van der Waals surface area (Å²) in [6.07, 6.45) is -2.98. The molecule has 7 heteroatoms. The number of alkyl halides is 2. The van der Waals surface area contributed by atoms with Crippen LogP contribution in [0.4, 0.5) is 13.2 Å². The van der Waals surface area contributed by atoms with Crippen molar-refractivity contribution >= 4 is 5.97 Å². The van der Waals surface area contributed by atoms with Crippen molar-refractivity contribution in [2.24, 2.45) is 0 Å². The normalized spacial score (nSPS) is 10.5. The van der Waals surface area contributed by atoms with Gasteiger partial charge in [0, 0.05) is 6.07 Å². The Morgan fingerprint density at radius 1 is 1.53 bits per heavy atom. The molecule has 0 saturated heterocycles. The third-order valence-corrected chi connectivity index (χ3v) is 1.88. The second-order valence-corrected chi connectivity index (χ2v) is 2.94. The summed E-state index contributed by atoms with van der Waals surface area (Å²) in [5.41, 5.74) is -1.33. The zero-order chi connectivity index (χ0) is 13.0. The molecule has 0 spiro atoms. The fourth-order valence-electron chi connectivity index (χ4n) is 1.23. The molecular weight excluding hydrogens is 239 g/mol. The van der Waals surface area contributed by atoms with Crippen LogP contribution in [0, 0.1) is 5.95 Å². The molecule has 1 aromatic rings. The monoisotopic (exact) mass is 249 g/mol. The average Bonchev–Trinajstić information content (AvgIpc) is 2.28. The number of hydrogen-bond acceptors (Lipinski definition) is 4. The highest BCUT2D eigenvalue weighted by Gasteiger charge is 2.25. The Morgan fingerprint density at radius 3 is 2.65 bits per heavy atom. The quantitative estimate of drug-likeness (QED) is 0.607. The fourth-order valence-corrected chi connectivity index (χ4v) is 1.23. The Bertz CT molecular complexity index is 424. The van der Waals surface area contributed by atoms with Gasteiger partial charge in [-0.25, -0.2) is 18.6 Å². The second-order valence-electron chi connectivity index (χ2n) is 2.94. The zero-order valence-electron chi connectivity index (χ0n) is 9.17. The number of ether oxygens (including phenoxy) is 2. The van der Waals surface area contributed by atoms with Gasteiger partial charge in [-0.3, -0.25) is 0 Å². The van der Waals surface area contributed by atoms with Crippen molar-refractivity contribution in [3.05, 3.63) is 23.3 Å². The van der Waals surface area contributed by atoms with E-state index in [-0.39, 0.29) is 6.61 Å². The second kappa shape index (κ2) is 5.51. The minimum absolute atomic E-state index is 0.0180. The minimum atomic E-state index is -2.98. The molecule has 0 unspecified atom stereocenters. The summed E-state index contributed by atoms with van der Waals surface area (Å²) >= 11 is 0. The summed E-state index contributed by atoms with van der Waals surface area (Å²) in [7, 11) is 1.09. The largest absolute Gasteiger partial charge is 0.494 e. The van der Waals surface area contributed by atoms with Crippen molar-refractivity contribution in [3.8, 4) is 5.75 Å². The lowest BCUT2D eigenvalue weighted by molar-refractivity contribution is 0.0512.